The molecule has 0 fully saturated rings. The maximum atomic E-state index is 12.5. The molecule has 1 heterocycles. The van der Waals surface area contributed by atoms with Crippen LogP contribution in [0.3, 0.4) is 0 Å². The van der Waals surface area contributed by atoms with Crippen LogP contribution in [0.25, 0.3) is 5.69 Å². The Balaban J connectivity index is 1.86. The molecule has 0 aliphatic rings. The molecular formula is C18H19N5O3. The van der Waals surface area contributed by atoms with Crippen molar-refractivity contribution in [3.05, 3.63) is 79.8 Å². The van der Waals surface area contributed by atoms with Crippen LogP contribution in [-0.2, 0) is 6.54 Å². The van der Waals surface area contributed by atoms with Crippen molar-refractivity contribution >= 4 is 5.69 Å². The number of nitro benzene ring substituents is 1. The molecule has 8 nitrogen and oxygen atoms in total. The van der Waals surface area contributed by atoms with E-state index in [-0.39, 0.29) is 17.9 Å². The van der Waals surface area contributed by atoms with Gasteiger partial charge in [-0.1, -0.05) is 32.0 Å². The lowest BCUT2D eigenvalue weighted by Crippen LogP contribution is -2.24. The van der Waals surface area contributed by atoms with Gasteiger partial charge in [-0.05, 0) is 52.6 Å². The number of hydrogen-bond donors (Lipinski definition) is 0. The Labute approximate surface area is 149 Å². The van der Waals surface area contributed by atoms with E-state index in [1.807, 2.05) is 24.3 Å². The highest BCUT2D eigenvalue weighted by molar-refractivity contribution is 5.41. The second-order valence-electron chi connectivity index (χ2n) is 6.46. The van der Waals surface area contributed by atoms with Crippen molar-refractivity contribution in [3.8, 4) is 5.69 Å². The van der Waals surface area contributed by atoms with Crippen molar-refractivity contribution in [1.29, 1.82) is 0 Å². The minimum atomic E-state index is -0.428. The molecule has 26 heavy (non-hydrogen) atoms. The molecule has 0 atom stereocenters. The first kappa shape index (κ1) is 17.5. The quantitative estimate of drug-likeness (QED) is 0.519. The SMILES string of the molecule is Cc1cc(Cn2nnn(-c3ccc(C(C)C)cc3)c2=O)ccc1[N+](=O)[O-]. The predicted molar refractivity (Wildman–Crippen MR) is 96.6 cm³/mol. The highest BCUT2D eigenvalue weighted by Gasteiger charge is 2.13. The number of tetrazole rings is 1. The molecule has 0 aliphatic heterocycles. The number of aromatic nitrogens is 4. The van der Waals surface area contributed by atoms with E-state index >= 15 is 0 Å². The van der Waals surface area contributed by atoms with E-state index in [4.69, 9.17) is 0 Å². The van der Waals surface area contributed by atoms with Crippen LogP contribution in [0.1, 0.15) is 36.5 Å². The smallest absolute Gasteiger partial charge is 0.258 e. The topological polar surface area (TPSA) is 95.8 Å². The summed E-state index contributed by atoms with van der Waals surface area (Å²) in [6.45, 7) is 6.06. The Kier molecular flexibility index (Phi) is 4.66. The Morgan fingerprint density at radius 2 is 1.81 bits per heavy atom. The molecule has 0 saturated heterocycles. The van der Waals surface area contributed by atoms with Gasteiger partial charge in [-0.25, -0.2) is 4.79 Å². The zero-order valence-corrected chi connectivity index (χ0v) is 14.8. The Hall–Kier alpha value is -3.29. The van der Waals surface area contributed by atoms with Gasteiger partial charge in [0.25, 0.3) is 5.69 Å². The number of nitro groups is 1. The van der Waals surface area contributed by atoms with Gasteiger partial charge in [0.1, 0.15) is 0 Å². The van der Waals surface area contributed by atoms with Gasteiger partial charge in [0.05, 0.1) is 17.2 Å². The van der Waals surface area contributed by atoms with E-state index in [9.17, 15) is 14.9 Å². The van der Waals surface area contributed by atoms with Crippen LogP contribution < -0.4 is 5.69 Å². The van der Waals surface area contributed by atoms with Crippen LogP contribution in [0.4, 0.5) is 5.69 Å². The monoisotopic (exact) mass is 353 g/mol. The fourth-order valence-corrected chi connectivity index (χ4v) is 2.73. The minimum Gasteiger partial charge on any atom is -0.258 e. The lowest BCUT2D eigenvalue weighted by atomic mass is 10.0. The van der Waals surface area contributed by atoms with Crippen molar-refractivity contribution in [2.45, 2.75) is 33.2 Å². The zero-order valence-electron chi connectivity index (χ0n) is 14.8. The van der Waals surface area contributed by atoms with Crippen molar-refractivity contribution in [2.24, 2.45) is 0 Å². The molecule has 0 N–H and O–H groups in total. The van der Waals surface area contributed by atoms with Gasteiger partial charge in [-0.15, -0.1) is 0 Å². The molecule has 0 amide bonds. The van der Waals surface area contributed by atoms with Gasteiger partial charge in [0.15, 0.2) is 0 Å². The van der Waals surface area contributed by atoms with Crippen LogP contribution >= 0.6 is 0 Å². The van der Waals surface area contributed by atoms with Gasteiger partial charge in [-0.2, -0.15) is 9.36 Å². The average Bonchev–Trinajstić information content (AvgIpc) is 2.95. The molecule has 3 aromatic rings. The lowest BCUT2D eigenvalue weighted by Gasteiger charge is -2.05. The highest BCUT2D eigenvalue weighted by Crippen LogP contribution is 2.19. The summed E-state index contributed by atoms with van der Waals surface area (Å²) in [6.07, 6.45) is 0. The molecule has 8 heteroatoms. The third-order valence-corrected chi connectivity index (χ3v) is 4.23. The fraction of sp³-hybridized carbons (Fsp3) is 0.278. The summed E-state index contributed by atoms with van der Waals surface area (Å²) in [5.74, 6) is 0.404. The van der Waals surface area contributed by atoms with E-state index in [0.29, 0.717) is 17.2 Å². The summed E-state index contributed by atoms with van der Waals surface area (Å²) in [7, 11) is 0. The van der Waals surface area contributed by atoms with E-state index in [1.165, 1.54) is 21.0 Å². The molecule has 0 radical (unpaired) electrons. The molecule has 3 rings (SSSR count). The Bertz CT molecular complexity index is 1000. The van der Waals surface area contributed by atoms with Crippen molar-refractivity contribution in [2.75, 3.05) is 0 Å². The van der Waals surface area contributed by atoms with Crippen molar-refractivity contribution in [3.63, 3.8) is 0 Å². The zero-order chi connectivity index (χ0) is 18.8. The molecule has 0 unspecified atom stereocenters. The molecule has 134 valence electrons. The van der Waals surface area contributed by atoms with Gasteiger partial charge in [0.2, 0.25) is 0 Å². The summed E-state index contributed by atoms with van der Waals surface area (Å²) in [6, 6.07) is 12.3. The minimum absolute atomic E-state index is 0.0509. The second-order valence-corrected chi connectivity index (χ2v) is 6.46. The molecular weight excluding hydrogens is 334 g/mol. The Morgan fingerprint density at radius 1 is 1.12 bits per heavy atom. The van der Waals surface area contributed by atoms with Gasteiger partial charge in [-0.3, -0.25) is 10.1 Å². The molecule has 0 saturated carbocycles. The van der Waals surface area contributed by atoms with Gasteiger partial charge in [0, 0.05) is 11.6 Å². The van der Waals surface area contributed by atoms with Crippen LogP contribution in [0.2, 0.25) is 0 Å². The predicted octanol–water partition coefficient (Wildman–Crippen LogP) is 2.82. The number of benzene rings is 2. The summed E-state index contributed by atoms with van der Waals surface area (Å²) < 4.78 is 2.47. The standard InChI is InChI=1S/C18H19N5O3/c1-12(2)15-5-7-16(8-6-15)22-18(24)21(19-20-22)11-14-4-9-17(23(25)26)13(3)10-14/h4-10,12H,11H2,1-3H3. The molecule has 0 bridgehead atoms. The average molecular weight is 353 g/mol. The Morgan fingerprint density at radius 3 is 2.38 bits per heavy atom. The maximum Gasteiger partial charge on any atom is 0.368 e. The molecule has 1 aromatic heterocycles. The summed E-state index contributed by atoms with van der Waals surface area (Å²) >= 11 is 0. The summed E-state index contributed by atoms with van der Waals surface area (Å²) in [4.78, 5) is 23.0. The first-order valence-electron chi connectivity index (χ1n) is 8.24. The third-order valence-electron chi connectivity index (χ3n) is 4.23. The maximum absolute atomic E-state index is 12.5. The van der Waals surface area contributed by atoms with E-state index in [1.54, 1.807) is 19.1 Å². The van der Waals surface area contributed by atoms with Crippen LogP contribution in [0.5, 0.6) is 0 Å². The second kappa shape index (κ2) is 6.91. The summed E-state index contributed by atoms with van der Waals surface area (Å²) in [5.41, 5.74) is 2.80. The molecule has 0 spiro atoms. The van der Waals surface area contributed by atoms with Crippen LogP contribution in [-0.4, -0.2) is 24.7 Å². The van der Waals surface area contributed by atoms with E-state index in [2.05, 4.69) is 24.3 Å². The summed E-state index contributed by atoms with van der Waals surface area (Å²) in [5, 5.41) is 18.7. The largest absolute Gasteiger partial charge is 0.368 e. The molecule has 2 aromatic carbocycles. The number of rotatable bonds is 5. The fourth-order valence-electron chi connectivity index (χ4n) is 2.73. The first-order chi connectivity index (χ1) is 12.4. The first-order valence-corrected chi connectivity index (χ1v) is 8.24. The van der Waals surface area contributed by atoms with Crippen molar-refractivity contribution in [1.82, 2.24) is 19.8 Å². The van der Waals surface area contributed by atoms with Gasteiger partial charge >= 0.3 is 5.69 Å². The highest BCUT2D eigenvalue weighted by atomic mass is 16.6. The lowest BCUT2D eigenvalue weighted by molar-refractivity contribution is -0.385. The normalized spacial score (nSPS) is 11.1. The number of hydrogen-bond acceptors (Lipinski definition) is 5. The number of nitrogens with zero attached hydrogens (tertiary/aromatic N) is 5. The van der Waals surface area contributed by atoms with Crippen LogP contribution in [0, 0.1) is 17.0 Å². The van der Waals surface area contributed by atoms with E-state index < -0.39 is 4.92 Å². The third kappa shape index (κ3) is 3.39. The molecule has 0 aliphatic carbocycles. The number of aryl methyl sites for hydroxylation is 1. The van der Waals surface area contributed by atoms with Gasteiger partial charge < -0.3 is 0 Å². The van der Waals surface area contributed by atoms with Crippen molar-refractivity contribution < 1.29 is 4.92 Å². The van der Waals surface area contributed by atoms with E-state index in [0.717, 1.165) is 5.56 Å². The van der Waals surface area contributed by atoms with Crippen LogP contribution in [0.15, 0.2) is 47.3 Å².